The van der Waals surface area contributed by atoms with Gasteiger partial charge < -0.3 is 10.5 Å². The summed E-state index contributed by atoms with van der Waals surface area (Å²) < 4.78 is 5.79. The lowest BCUT2D eigenvalue weighted by atomic mass is 9.89. The SMILES string of the molecule is CCC(C)OC(CN)C(C)(C)C. The average Bonchev–Trinajstić information content (AvgIpc) is 1.97. The third-order valence-corrected chi connectivity index (χ3v) is 2.15. The van der Waals surface area contributed by atoms with Gasteiger partial charge in [-0.05, 0) is 18.8 Å². The van der Waals surface area contributed by atoms with Crippen molar-refractivity contribution in [3.05, 3.63) is 0 Å². The Labute approximate surface area is 76.5 Å². The van der Waals surface area contributed by atoms with Gasteiger partial charge in [0.15, 0.2) is 0 Å². The quantitative estimate of drug-likeness (QED) is 0.707. The summed E-state index contributed by atoms with van der Waals surface area (Å²) >= 11 is 0. The van der Waals surface area contributed by atoms with Crippen molar-refractivity contribution in [3.63, 3.8) is 0 Å². The topological polar surface area (TPSA) is 35.2 Å². The van der Waals surface area contributed by atoms with Crippen molar-refractivity contribution >= 4 is 0 Å². The van der Waals surface area contributed by atoms with Crippen LogP contribution in [-0.2, 0) is 4.74 Å². The lowest BCUT2D eigenvalue weighted by molar-refractivity contribution is -0.0541. The molecule has 0 aromatic heterocycles. The first-order valence-electron chi connectivity index (χ1n) is 4.77. The second-order valence-electron chi connectivity index (χ2n) is 4.45. The summed E-state index contributed by atoms with van der Waals surface area (Å²) in [5.74, 6) is 0. The second kappa shape index (κ2) is 4.83. The van der Waals surface area contributed by atoms with Crippen molar-refractivity contribution in [2.45, 2.75) is 53.2 Å². The van der Waals surface area contributed by atoms with Gasteiger partial charge in [0.05, 0.1) is 12.2 Å². The van der Waals surface area contributed by atoms with Gasteiger partial charge in [-0.3, -0.25) is 0 Å². The molecule has 0 heterocycles. The summed E-state index contributed by atoms with van der Waals surface area (Å²) in [5, 5.41) is 0. The monoisotopic (exact) mass is 173 g/mol. The van der Waals surface area contributed by atoms with Crippen molar-refractivity contribution in [1.82, 2.24) is 0 Å². The molecule has 0 radical (unpaired) electrons. The Morgan fingerprint density at radius 2 is 1.83 bits per heavy atom. The molecule has 0 aliphatic carbocycles. The Kier molecular flexibility index (Phi) is 4.80. The molecule has 2 unspecified atom stereocenters. The van der Waals surface area contributed by atoms with E-state index < -0.39 is 0 Å². The van der Waals surface area contributed by atoms with Crippen molar-refractivity contribution in [2.75, 3.05) is 6.54 Å². The molecule has 2 heteroatoms. The summed E-state index contributed by atoms with van der Waals surface area (Å²) in [6.07, 6.45) is 1.54. The van der Waals surface area contributed by atoms with Gasteiger partial charge in [-0.15, -0.1) is 0 Å². The summed E-state index contributed by atoms with van der Waals surface area (Å²) in [4.78, 5) is 0. The van der Waals surface area contributed by atoms with Crippen molar-refractivity contribution in [1.29, 1.82) is 0 Å². The maximum absolute atomic E-state index is 5.79. The maximum Gasteiger partial charge on any atom is 0.0749 e. The van der Waals surface area contributed by atoms with E-state index in [0.29, 0.717) is 12.6 Å². The van der Waals surface area contributed by atoms with Gasteiger partial charge in [-0.25, -0.2) is 0 Å². The zero-order valence-corrected chi connectivity index (χ0v) is 9.05. The number of hydrogen-bond donors (Lipinski definition) is 1. The second-order valence-corrected chi connectivity index (χ2v) is 4.45. The van der Waals surface area contributed by atoms with Gasteiger partial charge in [-0.2, -0.15) is 0 Å². The van der Waals surface area contributed by atoms with E-state index in [1.807, 2.05) is 0 Å². The number of nitrogens with two attached hydrogens (primary N) is 1. The molecule has 0 fully saturated rings. The van der Waals surface area contributed by atoms with Gasteiger partial charge in [0.25, 0.3) is 0 Å². The van der Waals surface area contributed by atoms with Gasteiger partial charge in [0, 0.05) is 6.54 Å². The molecule has 74 valence electrons. The highest BCUT2D eigenvalue weighted by molar-refractivity contribution is 4.76. The molecule has 2 nitrogen and oxygen atoms in total. The molecule has 2 N–H and O–H groups in total. The minimum absolute atomic E-state index is 0.151. The predicted molar refractivity (Wildman–Crippen MR) is 53.1 cm³/mol. The van der Waals surface area contributed by atoms with Gasteiger partial charge in [0.2, 0.25) is 0 Å². The van der Waals surface area contributed by atoms with Crippen LogP contribution in [0, 0.1) is 5.41 Å². The fourth-order valence-corrected chi connectivity index (χ4v) is 0.990. The minimum atomic E-state index is 0.151. The Morgan fingerprint density at radius 1 is 1.33 bits per heavy atom. The highest BCUT2D eigenvalue weighted by Gasteiger charge is 2.25. The van der Waals surface area contributed by atoms with Crippen molar-refractivity contribution < 1.29 is 4.74 Å². The van der Waals surface area contributed by atoms with Crippen LogP contribution in [0.3, 0.4) is 0 Å². The molecule has 0 aromatic carbocycles. The highest BCUT2D eigenvalue weighted by atomic mass is 16.5. The van der Waals surface area contributed by atoms with Gasteiger partial charge in [0.1, 0.15) is 0 Å². The first-order valence-corrected chi connectivity index (χ1v) is 4.77. The summed E-state index contributed by atoms with van der Waals surface area (Å²) in [6, 6.07) is 0. The largest absolute Gasteiger partial charge is 0.373 e. The van der Waals surface area contributed by atoms with Crippen molar-refractivity contribution in [2.24, 2.45) is 11.1 Å². The normalized spacial score (nSPS) is 17.5. The van der Waals surface area contributed by atoms with Crippen LogP contribution >= 0.6 is 0 Å². The number of rotatable bonds is 4. The minimum Gasteiger partial charge on any atom is -0.373 e. The van der Waals surface area contributed by atoms with Crippen LogP contribution in [0.5, 0.6) is 0 Å². The molecule has 0 bridgehead atoms. The third-order valence-electron chi connectivity index (χ3n) is 2.15. The predicted octanol–water partition coefficient (Wildman–Crippen LogP) is 2.17. The Balaban J connectivity index is 4.00. The zero-order valence-electron chi connectivity index (χ0n) is 9.05. The zero-order chi connectivity index (χ0) is 9.78. The molecule has 0 aliphatic heterocycles. The van der Waals surface area contributed by atoms with Crippen LogP contribution in [0.1, 0.15) is 41.0 Å². The molecule has 0 aromatic rings. The molecule has 0 saturated carbocycles. The maximum atomic E-state index is 5.79. The van der Waals surface area contributed by atoms with E-state index in [1.54, 1.807) is 0 Å². The van der Waals surface area contributed by atoms with Crippen LogP contribution < -0.4 is 5.73 Å². The standard InChI is InChI=1S/C10H23NO/c1-6-8(2)12-9(7-11)10(3,4)5/h8-9H,6-7,11H2,1-5H3. The van der Waals surface area contributed by atoms with E-state index >= 15 is 0 Å². The lowest BCUT2D eigenvalue weighted by Crippen LogP contribution is -2.38. The summed E-state index contributed by atoms with van der Waals surface area (Å²) in [6.45, 7) is 11.3. The molecule has 12 heavy (non-hydrogen) atoms. The number of ether oxygens (including phenoxy) is 1. The molecule has 0 aliphatic rings. The fraction of sp³-hybridized carbons (Fsp3) is 1.00. The van der Waals surface area contributed by atoms with Gasteiger partial charge >= 0.3 is 0 Å². The van der Waals surface area contributed by atoms with Crippen molar-refractivity contribution in [3.8, 4) is 0 Å². The van der Waals surface area contributed by atoms with E-state index in [2.05, 4.69) is 34.6 Å². The number of hydrogen-bond acceptors (Lipinski definition) is 2. The van der Waals surface area contributed by atoms with Crippen LogP contribution in [-0.4, -0.2) is 18.8 Å². The smallest absolute Gasteiger partial charge is 0.0749 e. The third kappa shape index (κ3) is 4.07. The Bertz CT molecular complexity index is 117. The van der Waals surface area contributed by atoms with E-state index in [4.69, 9.17) is 10.5 Å². The van der Waals surface area contributed by atoms with E-state index in [9.17, 15) is 0 Å². The molecule has 0 saturated heterocycles. The molecule has 0 spiro atoms. The van der Waals surface area contributed by atoms with E-state index in [1.165, 1.54) is 0 Å². The van der Waals surface area contributed by atoms with Crippen LogP contribution in [0.4, 0.5) is 0 Å². The lowest BCUT2D eigenvalue weighted by Gasteiger charge is -2.31. The molecular weight excluding hydrogens is 150 g/mol. The summed E-state index contributed by atoms with van der Waals surface area (Å²) in [5.41, 5.74) is 5.79. The molecule has 2 atom stereocenters. The Morgan fingerprint density at radius 3 is 2.08 bits per heavy atom. The van der Waals surface area contributed by atoms with Crippen LogP contribution in [0.25, 0.3) is 0 Å². The van der Waals surface area contributed by atoms with E-state index in [-0.39, 0.29) is 11.5 Å². The molecule has 0 amide bonds. The highest BCUT2D eigenvalue weighted by Crippen LogP contribution is 2.22. The summed E-state index contributed by atoms with van der Waals surface area (Å²) in [7, 11) is 0. The van der Waals surface area contributed by atoms with Gasteiger partial charge in [-0.1, -0.05) is 27.7 Å². The van der Waals surface area contributed by atoms with E-state index in [0.717, 1.165) is 6.42 Å². The first-order chi connectivity index (χ1) is 5.41. The van der Waals surface area contributed by atoms with Crippen LogP contribution in [0.15, 0.2) is 0 Å². The average molecular weight is 173 g/mol. The first kappa shape index (κ1) is 11.9. The molecule has 0 rings (SSSR count). The Hall–Kier alpha value is -0.0800. The fourth-order valence-electron chi connectivity index (χ4n) is 0.990. The van der Waals surface area contributed by atoms with Crippen LogP contribution in [0.2, 0.25) is 0 Å². The molecular formula is C10H23NO.